The summed E-state index contributed by atoms with van der Waals surface area (Å²) in [7, 11) is 3.71. The Morgan fingerprint density at radius 1 is 1.33 bits per heavy atom. The summed E-state index contributed by atoms with van der Waals surface area (Å²) >= 11 is 12.2. The first-order valence-electron chi connectivity index (χ1n) is 6.17. The summed E-state index contributed by atoms with van der Waals surface area (Å²) in [6, 6.07) is 6.16. The van der Waals surface area contributed by atoms with Crippen LogP contribution >= 0.6 is 23.2 Å². The van der Waals surface area contributed by atoms with Gasteiger partial charge in [0.15, 0.2) is 0 Å². The van der Waals surface area contributed by atoms with Crippen LogP contribution in [0.25, 0.3) is 0 Å². The molecule has 1 aromatic carbocycles. The summed E-state index contributed by atoms with van der Waals surface area (Å²) in [4.78, 5) is 0. The van der Waals surface area contributed by atoms with Crippen molar-refractivity contribution < 1.29 is 4.74 Å². The molecule has 18 heavy (non-hydrogen) atoms. The number of benzene rings is 1. The third kappa shape index (κ3) is 4.77. The van der Waals surface area contributed by atoms with Crippen LogP contribution in [-0.4, -0.2) is 26.8 Å². The van der Waals surface area contributed by atoms with Gasteiger partial charge in [-0.05, 0) is 37.4 Å². The average Bonchev–Trinajstić information content (AvgIpc) is 2.34. The van der Waals surface area contributed by atoms with Gasteiger partial charge in [0.25, 0.3) is 0 Å². The average molecular weight is 290 g/mol. The Bertz CT molecular complexity index is 371. The number of hydrogen-bond donors (Lipinski definition) is 1. The van der Waals surface area contributed by atoms with Gasteiger partial charge < -0.3 is 10.1 Å². The van der Waals surface area contributed by atoms with Crippen LogP contribution in [0.15, 0.2) is 18.2 Å². The van der Waals surface area contributed by atoms with Gasteiger partial charge in [0.1, 0.15) is 0 Å². The summed E-state index contributed by atoms with van der Waals surface area (Å²) in [5.41, 5.74) is 1.09. The molecule has 1 aromatic rings. The van der Waals surface area contributed by atoms with Crippen LogP contribution in [0.2, 0.25) is 10.0 Å². The van der Waals surface area contributed by atoms with Crippen LogP contribution in [0.5, 0.6) is 0 Å². The van der Waals surface area contributed by atoms with Gasteiger partial charge in [-0.1, -0.05) is 42.3 Å². The Balaban J connectivity index is 2.65. The summed E-state index contributed by atoms with van der Waals surface area (Å²) in [6.45, 7) is 2.97. The fourth-order valence-electron chi connectivity index (χ4n) is 2.11. The van der Waals surface area contributed by atoms with Gasteiger partial charge in [-0.3, -0.25) is 0 Å². The Kier molecular flexibility index (Phi) is 7.02. The van der Waals surface area contributed by atoms with Crippen molar-refractivity contribution >= 4 is 23.2 Å². The highest BCUT2D eigenvalue weighted by molar-refractivity contribution is 6.42. The van der Waals surface area contributed by atoms with E-state index >= 15 is 0 Å². The SMILES string of the molecule is CNC(Cc1cccc(Cl)c1Cl)CC(C)COC. The molecule has 4 heteroatoms. The number of likely N-dealkylation sites (N-methyl/N-ethyl adjacent to an activating group) is 1. The molecule has 1 rings (SSSR count). The number of halogens is 2. The molecule has 0 radical (unpaired) electrons. The maximum atomic E-state index is 6.21. The van der Waals surface area contributed by atoms with Crippen LogP contribution in [0, 0.1) is 5.92 Å². The Labute approximate surface area is 120 Å². The molecule has 2 nitrogen and oxygen atoms in total. The standard InChI is InChI=1S/C14H21Cl2NO/c1-10(9-18-3)7-12(17-2)8-11-5-4-6-13(15)14(11)16/h4-6,10,12,17H,7-9H2,1-3H3. The zero-order valence-electron chi connectivity index (χ0n) is 11.2. The normalized spacial score (nSPS) is 14.5. The lowest BCUT2D eigenvalue weighted by Gasteiger charge is -2.21. The molecule has 0 saturated carbocycles. The molecule has 2 atom stereocenters. The Morgan fingerprint density at radius 2 is 2.06 bits per heavy atom. The fraction of sp³-hybridized carbons (Fsp3) is 0.571. The Hall–Kier alpha value is -0.280. The minimum Gasteiger partial charge on any atom is -0.384 e. The third-order valence-corrected chi connectivity index (χ3v) is 3.90. The molecular formula is C14H21Cl2NO. The molecule has 0 aliphatic heterocycles. The van der Waals surface area contributed by atoms with Gasteiger partial charge in [-0.25, -0.2) is 0 Å². The second-order valence-electron chi connectivity index (χ2n) is 4.70. The first-order chi connectivity index (χ1) is 8.58. The van der Waals surface area contributed by atoms with Crippen molar-refractivity contribution in [3.63, 3.8) is 0 Å². The zero-order valence-corrected chi connectivity index (χ0v) is 12.7. The van der Waals surface area contributed by atoms with E-state index in [1.807, 2.05) is 25.2 Å². The summed E-state index contributed by atoms with van der Waals surface area (Å²) in [5.74, 6) is 0.519. The lowest BCUT2D eigenvalue weighted by molar-refractivity contribution is 0.150. The zero-order chi connectivity index (χ0) is 13.5. The van der Waals surface area contributed by atoms with Gasteiger partial charge in [-0.15, -0.1) is 0 Å². The van der Waals surface area contributed by atoms with Crippen molar-refractivity contribution in [1.82, 2.24) is 5.32 Å². The van der Waals surface area contributed by atoms with Crippen LogP contribution in [-0.2, 0) is 11.2 Å². The lowest BCUT2D eigenvalue weighted by Crippen LogP contribution is -2.30. The number of nitrogens with one attached hydrogen (secondary N) is 1. The lowest BCUT2D eigenvalue weighted by atomic mass is 9.96. The van der Waals surface area contributed by atoms with Gasteiger partial charge in [-0.2, -0.15) is 0 Å². The van der Waals surface area contributed by atoms with E-state index in [-0.39, 0.29) is 0 Å². The molecule has 0 amide bonds. The number of rotatable bonds is 7. The minimum absolute atomic E-state index is 0.381. The molecule has 0 aromatic heterocycles. The number of ether oxygens (including phenoxy) is 1. The van der Waals surface area contributed by atoms with Gasteiger partial charge >= 0.3 is 0 Å². The van der Waals surface area contributed by atoms with Crippen LogP contribution < -0.4 is 5.32 Å². The van der Waals surface area contributed by atoms with Gasteiger partial charge in [0.05, 0.1) is 10.0 Å². The van der Waals surface area contributed by atoms with Crippen LogP contribution in [0.3, 0.4) is 0 Å². The number of methoxy groups -OCH3 is 1. The van der Waals surface area contributed by atoms with E-state index in [2.05, 4.69) is 12.2 Å². The van der Waals surface area contributed by atoms with Crippen molar-refractivity contribution in [2.24, 2.45) is 5.92 Å². The van der Waals surface area contributed by atoms with Gasteiger partial charge in [0.2, 0.25) is 0 Å². The highest BCUT2D eigenvalue weighted by Crippen LogP contribution is 2.27. The summed E-state index contributed by atoms with van der Waals surface area (Å²) in [6.07, 6.45) is 1.93. The van der Waals surface area contributed by atoms with E-state index in [4.69, 9.17) is 27.9 Å². The molecule has 0 heterocycles. The highest BCUT2D eigenvalue weighted by Gasteiger charge is 2.14. The fourth-order valence-corrected chi connectivity index (χ4v) is 2.51. The predicted molar refractivity (Wildman–Crippen MR) is 78.7 cm³/mol. The molecule has 102 valence electrons. The molecule has 0 bridgehead atoms. The predicted octanol–water partition coefficient (Wildman–Crippen LogP) is 3.80. The first-order valence-corrected chi connectivity index (χ1v) is 6.93. The Morgan fingerprint density at radius 3 is 2.67 bits per heavy atom. The molecule has 0 spiro atoms. The van der Waals surface area contributed by atoms with E-state index in [1.165, 1.54) is 0 Å². The first kappa shape index (κ1) is 15.8. The molecule has 0 saturated heterocycles. The summed E-state index contributed by atoms with van der Waals surface area (Å²) in [5, 5.41) is 4.61. The van der Waals surface area contributed by atoms with Crippen LogP contribution in [0.1, 0.15) is 18.9 Å². The van der Waals surface area contributed by atoms with E-state index < -0.39 is 0 Å². The van der Waals surface area contributed by atoms with Gasteiger partial charge in [0, 0.05) is 19.8 Å². The molecule has 0 aliphatic carbocycles. The molecule has 0 aliphatic rings. The quantitative estimate of drug-likeness (QED) is 0.824. The third-order valence-electron chi connectivity index (χ3n) is 3.04. The minimum atomic E-state index is 0.381. The van der Waals surface area contributed by atoms with Crippen molar-refractivity contribution in [1.29, 1.82) is 0 Å². The van der Waals surface area contributed by atoms with E-state index in [1.54, 1.807) is 7.11 Å². The van der Waals surface area contributed by atoms with E-state index in [0.29, 0.717) is 22.0 Å². The van der Waals surface area contributed by atoms with E-state index in [0.717, 1.165) is 25.0 Å². The van der Waals surface area contributed by atoms with Crippen molar-refractivity contribution in [2.45, 2.75) is 25.8 Å². The second kappa shape index (κ2) is 8.00. The summed E-state index contributed by atoms with van der Waals surface area (Å²) < 4.78 is 5.17. The highest BCUT2D eigenvalue weighted by atomic mass is 35.5. The molecule has 0 fully saturated rings. The van der Waals surface area contributed by atoms with Crippen molar-refractivity contribution in [3.05, 3.63) is 33.8 Å². The van der Waals surface area contributed by atoms with Crippen molar-refractivity contribution in [3.8, 4) is 0 Å². The topological polar surface area (TPSA) is 21.3 Å². The van der Waals surface area contributed by atoms with Crippen molar-refractivity contribution in [2.75, 3.05) is 20.8 Å². The largest absolute Gasteiger partial charge is 0.384 e. The molecule has 1 N–H and O–H groups in total. The smallest absolute Gasteiger partial charge is 0.0624 e. The molecular weight excluding hydrogens is 269 g/mol. The monoisotopic (exact) mass is 289 g/mol. The molecule has 2 unspecified atom stereocenters. The maximum Gasteiger partial charge on any atom is 0.0624 e. The number of hydrogen-bond acceptors (Lipinski definition) is 2. The van der Waals surface area contributed by atoms with Crippen LogP contribution in [0.4, 0.5) is 0 Å². The second-order valence-corrected chi connectivity index (χ2v) is 5.48. The maximum absolute atomic E-state index is 6.21. The van der Waals surface area contributed by atoms with E-state index in [9.17, 15) is 0 Å².